The number of hydrogen-bond acceptors (Lipinski definition) is 16. The largest absolute Gasteiger partial charge is 0.497 e. The molecule has 0 radical (unpaired) electrons. The average Bonchev–Trinajstić information content (AvgIpc) is 1.54. The summed E-state index contributed by atoms with van der Waals surface area (Å²) in [5.41, 5.74) is 18.0. The van der Waals surface area contributed by atoms with Crippen LogP contribution in [0, 0.1) is 44.9 Å². The lowest BCUT2D eigenvalue weighted by molar-refractivity contribution is -0.148. The van der Waals surface area contributed by atoms with E-state index in [1.54, 1.807) is 92.5 Å². The van der Waals surface area contributed by atoms with Crippen LogP contribution in [0.2, 0.25) is 0 Å². The van der Waals surface area contributed by atoms with Crippen LogP contribution < -0.4 is 37.9 Å². The van der Waals surface area contributed by atoms with Gasteiger partial charge in [-0.25, -0.2) is 17.6 Å². The van der Waals surface area contributed by atoms with Crippen molar-refractivity contribution < 1.29 is 95.1 Å². The summed E-state index contributed by atoms with van der Waals surface area (Å²) in [4.78, 5) is 55.1. The van der Waals surface area contributed by atoms with E-state index in [9.17, 15) is 57.2 Å². The van der Waals surface area contributed by atoms with Crippen molar-refractivity contribution in [2.75, 3.05) is 107 Å². The first-order valence-electron chi connectivity index (χ1n) is 42.7. The minimum atomic E-state index is -0.795. The van der Waals surface area contributed by atoms with Gasteiger partial charge in [-0.1, -0.05) is 46.6 Å². The molecule has 10 aliphatic rings. The molecule has 124 heavy (non-hydrogen) atoms. The highest BCUT2D eigenvalue weighted by molar-refractivity contribution is 5.91. The first-order chi connectivity index (χ1) is 59.5. The standard InChI is InChI=1S/2C25H26FNO4.2C25H28FNO4/c1-30-19-3-5-21-22(13-19)31-14-17-12-18(26)2-4-20(17)23(21)16-6-10-27(11-7-16)15-25(8-9-25)24(28)29;1-30-19-4-2-17-14-31-22-5-3-18(26)12-21(22)23(20(17)13-19)16-6-10-27(11-7-16)15-25(8-9-25)24(28)29;1-25(2,24(28)29)15-27-10-8-16(9-11-27)23-20-6-4-18(26)12-17(20)14-31-22-13-19(30-3)5-7-21(22)23;1-25(2,24(28)29)15-27-10-8-16(9-11-27)23-20-13-19(30-3)6-4-17(20)14-31-22-7-5-18(26)12-21(22)23/h2*2-5,12-13H,6-11,14-15H2,1H3,(H,28,29);2*4-7,12-13H,8-11,14-15H2,1-3H3,(H,28,29). The van der Waals surface area contributed by atoms with Crippen LogP contribution in [-0.4, -0.2) is 171 Å². The highest BCUT2D eigenvalue weighted by atomic mass is 19.1. The molecular formula is C100H108F4N4O16. The first kappa shape index (κ1) is 87.5. The lowest BCUT2D eigenvalue weighted by Crippen LogP contribution is -2.42. The molecular weight excluding hydrogens is 1590 g/mol. The summed E-state index contributed by atoms with van der Waals surface area (Å²) in [6, 6.07) is 42.7. The minimum absolute atomic E-state index is 0.270. The number of hydrogen-bond donors (Lipinski definition) is 4. The second-order valence-electron chi connectivity index (χ2n) is 35.4. The van der Waals surface area contributed by atoms with Crippen LogP contribution >= 0.6 is 0 Å². The van der Waals surface area contributed by atoms with Gasteiger partial charge in [-0.3, -0.25) is 19.2 Å². The van der Waals surface area contributed by atoms with Gasteiger partial charge in [0.25, 0.3) is 0 Å². The molecule has 24 heteroatoms. The van der Waals surface area contributed by atoms with Gasteiger partial charge in [-0.15, -0.1) is 0 Å². The van der Waals surface area contributed by atoms with Gasteiger partial charge in [0.15, 0.2) is 0 Å². The molecule has 652 valence electrons. The number of carboxylic acid groups (broad SMARTS) is 4. The smallest absolute Gasteiger partial charge is 0.310 e. The molecule has 8 aromatic rings. The number of ether oxygens (including phenoxy) is 8. The fourth-order valence-corrected chi connectivity index (χ4v) is 18.4. The molecule has 2 aliphatic carbocycles. The van der Waals surface area contributed by atoms with Crippen LogP contribution in [0.15, 0.2) is 168 Å². The maximum atomic E-state index is 14.3. The third-order valence-corrected chi connectivity index (χ3v) is 26.0. The molecule has 8 aromatic carbocycles. The summed E-state index contributed by atoms with van der Waals surface area (Å²) in [6.07, 6.45) is 9.66. The van der Waals surface area contributed by atoms with Crippen molar-refractivity contribution in [3.05, 3.63) is 258 Å². The molecule has 0 spiro atoms. The first-order valence-corrected chi connectivity index (χ1v) is 42.7. The molecule has 18 rings (SSSR count). The fraction of sp³-hybridized carbons (Fsp3) is 0.400. The molecule has 0 atom stereocenters. The Morgan fingerprint density at radius 1 is 0.331 bits per heavy atom. The number of carboxylic acids is 4. The highest BCUT2D eigenvalue weighted by Gasteiger charge is 2.52. The van der Waals surface area contributed by atoms with Gasteiger partial charge in [0.05, 0.1) is 50.1 Å². The van der Waals surface area contributed by atoms with E-state index in [1.165, 1.54) is 46.6 Å². The number of fused-ring (bicyclic) bond motifs is 8. The van der Waals surface area contributed by atoms with Gasteiger partial charge in [0, 0.05) is 124 Å². The van der Waals surface area contributed by atoms with Crippen molar-refractivity contribution >= 4 is 46.2 Å². The molecule has 4 N–H and O–H groups in total. The molecule has 0 aromatic heterocycles. The van der Waals surface area contributed by atoms with Crippen LogP contribution in [0.4, 0.5) is 17.6 Å². The van der Waals surface area contributed by atoms with E-state index in [0.29, 0.717) is 69.9 Å². The topological polar surface area (TPSA) is 236 Å². The normalized spacial score (nSPS) is 18.2. The summed E-state index contributed by atoms with van der Waals surface area (Å²) in [7, 11) is 6.53. The van der Waals surface area contributed by atoms with Gasteiger partial charge < -0.3 is 77.9 Å². The quantitative estimate of drug-likeness (QED) is 0.0658. The number of halogens is 4. The number of piperidine rings is 4. The van der Waals surface area contributed by atoms with Gasteiger partial charge in [-0.2, -0.15) is 0 Å². The Kier molecular flexibility index (Phi) is 25.9. The number of nitrogens with zero attached hydrogens (tertiary/aromatic N) is 4. The molecule has 2 saturated carbocycles. The van der Waals surface area contributed by atoms with Crippen molar-refractivity contribution in [2.45, 2.75) is 131 Å². The summed E-state index contributed by atoms with van der Waals surface area (Å²) in [6.45, 7) is 17.1. The molecule has 20 nitrogen and oxygen atoms in total. The molecule has 0 bridgehead atoms. The second-order valence-corrected chi connectivity index (χ2v) is 35.4. The van der Waals surface area contributed by atoms with Gasteiger partial charge in [0.2, 0.25) is 0 Å². The van der Waals surface area contributed by atoms with E-state index in [4.69, 9.17) is 37.9 Å². The Bertz CT molecular complexity index is 5230. The lowest BCUT2D eigenvalue weighted by atomic mass is 9.85. The number of aliphatic carboxylic acids is 4. The maximum absolute atomic E-state index is 14.3. The Morgan fingerprint density at radius 2 is 0.613 bits per heavy atom. The van der Waals surface area contributed by atoms with Gasteiger partial charge >= 0.3 is 23.9 Å². The average molecular weight is 1700 g/mol. The SMILES string of the molecule is COc1ccc2c(c1)C(=C1CCN(CC(C)(C)C(=O)O)CC1)c1cc(F)ccc1OC2.COc1ccc2c(c1)C(=C1CCN(CC3(C(=O)O)CC3)CC1)c1cc(F)ccc1OC2.COc1ccc2c(c1)OCc1cc(F)ccc1C2=C1CCN(CC(C)(C)C(=O)O)CC1.COc1ccc2c(c1)OCc1cc(F)ccc1C2=C1CCN(CC2(C(=O)O)CC2)CC1. The number of rotatable bonds is 16. The minimum Gasteiger partial charge on any atom is -0.497 e. The molecule has 0 unspecified atom stereocenters. The fourth-order valence-electron chi connectivity index (χ4n) is 18.4. The molecule has 6 fully saturated rings. The van der Waals surface area contributed by atoms with Crippen molar-refractivity contribution in [3.8, 4) is 46.0 Å². The third-order valence-electron chi connectivity index (χ3n) is 26.0. The maximum Gasteiger partial charge on any atom is 0.310 e. The zero-order valence-electron chi connectivity index (χ0n) is 71.6. The molecule has 8 heterocycles. The van der Waals surface area contributed by atoms with Crippen molar-refractivity contribution in [1.29, 1.82) is 0 Å². The van der Waals surface area contributed by atoms with Crippen LogP contribution in [-0.2, 0) is 45.6 Å². The summed E-state index contributed by atoms with van der Waals surface area (Å²) >= 11 is 0. The van der Waals surface area contributed by atoms with Crippen LogP contribution in [0.25, 0.3) is 22.3 Å². The molecule has 4 saturated heterocycles. The highest BCUT2D eigenvalue weighted by Crippen LogP contribution is 2.52. The van der Waals surface area contributed by atoms with Gasteiger partial charge in [-0.05, 0) is 270 Å². The molecule has 8 aliphatic heterocycles. The number of likely N-dealkylation sites (tertiary alicyclic amines) is 4. The van der Waals surface area contributed by atoms with E-state index in [0.717, 1.165) is 247 Å². The van der Waals surface area contributed by atoms with Crippen molar-refractivity contribution in [1.82, 2.24) is 19.6 Å². The van der Waals surface area contributed by atoms with E-state index >= 15 is 0 Å². The predicted octanol–water partition coefficient (Wildman–Crippen LogP) is 18.4. The Hall–Kier alpha value is -11.4. The van der Waals surface area contributed by atoms with Crippen LogP contribution in [0.3, 0.4) is 0 Å². The predicted molar refractivity (Wildman–Crippen MR) is 463 cm³/mol. The van der Waals surface area contributed by atoms with E-state index in [-0.39, 0.29) is 23.3 Å². The number of benzene rings is 8. The monoisotopic (exact) mass is 1700 g/mol. The Morgan fingerprint density at radius 3 is 0.935 bits per heavy atom. The lowest BCUT2D eigenvalue weighted by Gasteiger charge is -2.34. The van der Waals surface area contributed by atoms with Crippen molar-refractivity contribution in [2.24, 2.45) is 21.7 Å². The Labute approximate surface area is 720 Å². The van der Waals surface area contributed by atoms with Gasteiger partial charge in [0.1, 0.15) is 95.7 Å². The summed E-state index contributed by atoms with van der Waals surface area (Å²) in [5, 5.41) is 37.9. The van der Waals surface area contributed by atoms with E-state index in [2.05, 4.69) is 19.6 Å². The molecule has 0 amide bonds. The third kappa shape index (κ3) is 19.3. The Balaban J connectivity index is 0.000000128. The second kappa shape index (κ2) is 36.8. The van der Waals surface area contributed by atoms with E-state index in [1.807, 2.05) is 84.9 Å². The van der Waals surface area contributed by atoms with Crippen molar-refractivity contribution in [3.63, 3.8) is 0 Å². The van der Waals surface area contributed by atoms with E-state index < -0.39 is 45.5 Å². The number of carbonyl (C=O) groups is 4. The number of methoxy groups -OCH3 is 4. The van der Waals surface area contributed by atoms with Crippen LogP contribution in [0.5, 0.6) is 46.0 Å². The zero-order chi connectivity index (χ0) is 87.5. The van der Waals surface area contributed by atoms with Crippen LogP contribution in [0.1, 0.15) is 172 Å². The summed E-state index contributed by atoms with van der Waals surface area (Å²) < 4.78 is 102. The summed E-state index contributed by atoms with van der Waals surface area (Å²) in [5.74, 6) is 1.71. The zero-order valence-corrected chi connectivity index (χ0v) is 71.6.